The first-order valence-electron chi connectivity index (χ1n) is 7.32. The summed E-state index contributed by atoms with van der Waals surface area (Å²) >= 11 is 0. The third kappa shape index (κ3) is 3.15. The van der Waals surface area contributed by atoms with Crippen LogP contribution in [0.1, 0.15) is 39.2 Å². The maximum atomic E-state index is 13.3. The second kappa shape index (κ2) is 6.02. The standard InChI is InChI=1S/C16H25FN2/c1-4-16(5-2)12-18-13(3)10-19(16)11-14-7-6-8-15(17)9-14/h6-9,13,18H,4-5,10-12H2,1-3H3. The second-order valence-electron chi connectivity index (χ2n) is 5.72. The fraction of sp³-hybridized carbons (Fsp3) is 0.625. The number of benzene rings is 1. The van der Waals surface area contributed by atoms with Gasteiger partial charge in [-0.2, -0.15) is 0 Å². The summed E-state index contributed by atoms with van der Waals surface area (Å²) in [6, 6.07) is 7.49. The van der Waals surface area contributed by atoms with E-state index in [-0.39, 0.29) is 11.4 Å². The molecule has 1 unspecified atom stereocenters. The number of nitrogens with one attached hydrogen (secondary N) is 1. The zero-order valence-electron chi connectivity index (χ0n) is 12.2. The van der Waals surface area contributed by atoms with Crippen molar-refractivity contribution in [3.8, 4) is 0 Å². The lowest BCUT2D eigenvalue weighted by molar-refractivity contribution is 0.0278. The first kappa shape index (κ1) is 14.5. The van der Waals surface area contributed by atoms with Crippen molar-refractivity contribution in [3.63, 3.8) is 0 Å². The van der Waals surface area contributed by atoms with E-state index in [9.17, 15) is 4.39 Å². The number of hydrogen-bond acceptors (Lipinski definition) is 2. The van der Waals surface area contributed by atoms with Crippen LogP contribution < -0.4 is 5.32 Å². The van der Waals surface area contributed by atoms with E-state index in [1.54, 1.807) is 12.1 Å². The Labute approximate surface area is 116 Å². The van der Waals surface area contributed by atoms with Gasteiger partial charge in [0.15, 0.2) is 0 Å². The predicted octanol–water partition coefficient (Wildman–Crippen LogP) is 3.18. The first-order chi connectivity index (χ1) is 9.09. The monoisotopic (exact) mass is 264 g/mol. The van der Waals surface area contributed by atoms with Crippen molar-refractivity contribution >= 4 is 0 Å². The molecule has 1 heterocycles. The summed E-state index contributed by atoms with van der Waals surface area (Å²) in [5, 5.41) is 3.59. The van der Waals surface area contributed by atoms with Crippen molar-refractivity contribution in [2.45, 2.75) is 51.7 Å². The summed E-state index contributed by atoms with van der Waals surface area (Å²) in [5.74, 6) is -0.140. The van der Waals surface area contributed by atoms with Gasteiger partial charge in [-0.1, -0.05) is 26.0 Å². The van der Waals surface area contributed by atoms with E-state index in [4.69, 9.17) is 0 Å². The van der Waals surface area contributed by atoms with E-state index in [2.05, 4.69) is 31.0 Å². The van der Waals surface area contributed by atoms with Crippen LogP contribution in [0.3, 0.4) is 0 Å². The number of piperazine rings is 1. The van der Waals surface area contributed by atoms with Gasteiger partial charge in [0.25, 0.3) is 0 Å². The van der Waals surface area contributed by atoms with Crippen LogP contribution >= 0.6 is 0 Å². The van der Waals surface area contributed by atoms with Gasteiger partial charge in [0.05, 0.1) is 0 Å². The summed E-state index contributed by atoms with van der Waals surface area (Å²) in [5.41, 5.74) is 1.28. The van der Waals surface area contributed by atoms with Gasteiger partial charge >= 0.3 is 0 Å². The zero-order valence-corrected chi connectivity index (χ0v) is 12.2. The van der Waals surface area contributed by atoms with Crippen molar-refractivity contribution in [2.24, 2.45) is 0 Å². The lowest BCUT2D eigenvalue weighted by Crippen LogP contribution is -2.63. The highest BCUT2D eigenvalue weighted by atomic mass is 19.1. The molecule has 0 amide bonds. The predicted molar refractivity (Wildman–Crippen MR) is 77.6 cm³/mol. The molecule has 0 spiro atoms. The molecule has 106 valence electrons. The molecule has 19 heavy (non-hydrogen) atoms. The minimum atomic E-state index is -0.140. The Bertz CT molecular complexity index is 415. The normalized spacial score (nSPS) is 23.5. The second-order valence-corrected chi connectivity index (χ2v) is 5.72. The van der Waals surface area contributed by atoms with Gasteiger partial charge in [-0.05, 0) is 37.5 Å². The molecule has 2 nitrogen and oxygen atoms in total. The summed E-state index contributed by atoms with van der Waals surface area (Å²) in [4.78, 5) is 2.53. The number of nitrogens with zero attached hydrogens (tertiary/aromatic N) is 1. The number of hydrogen-bond donors (Lipinski definition) is 1. The quantitative estimate of drug-likeness (QED) is 0.898. The minimum Gasteiger partial charge on any atom is -0.311 e. The SMILES string of the molecule is CCC1(CC)CNC(C)CN1Cc1cccc(F)c1. The maximum absolute atomic E-state index is 13.3. The molecule has 0 aromatic heterocycles. The van der Waals surface area contributed by atoms with Crippen molar-refractivity contribution < 1.29 is 4.39 Å². The van der Waals surface area contributed by atoms with Crippen LogP contribution in [0.25, 0.3) is 0 Å². The first-order valence-corrected chi connectivity index (χ1v) is 7.32. The molecule has 0 radical (unpaired) electrons. The Balaban J connectivity index is 2.18. The summed E-state index contributed by atoms with van der Waals surface area (Å²) in [7, 11) is 0. The van der Waals surface area contributed by atoms with Gasteiger partial charge in [-0.15, -0.1) is 0 Å². The highest BCUT2D eigenvalue weighted by molar-refractivity contribution is 5.17. The Hall–Kier alpha value is -0.930. The lowest BCUT2D eigenvalue weighted by Gasteiger charge is -2.49. The van der Waals surface area contributed by atoms with E-state index < -0.39 is 0 Å². The molecular formula is C16H25FN2. The van der Waals surface area contributed by atoms with E-state index in [0.29, 0.717) is 6.04 Å². The highest BCUT2D eigenvalue weighted by Crippen LogP contribution is 2.28. The molecule has 1 N–H and O–H groups in total. The van der Waals surface area contributed by atoms with Gasteiger partial charge in [-0.3, -0.25) is 4.90 Å². The smallest absolute Gasteiger partial charge is 0.123 e. The van der Waals surface area contributed by atoms with Crippen LogP contribution in [0, 0.1) is 5.82 Å². The lowest BCUT2D eigenvalue weighted by atomic mass is 9.87. The van der Waals surface area contributed by atoms with Crippen molar-refractivity contribution in [1.82, 2.24) is 10.2 Å². The van der Waals surface area contributed by atoms with Crippen molar-refractivity contribution in [1.29, 1.82) is 0 Å². The van der Waals surface area contributed by atoms with Crippen LogP contribution in [0.5, 0.6) is 0 Å². The molecule has 1 aromatic rings. The highest BCUT2D eigenvalue weighted by Gasteiger charge is 2.37. The van der Waals surface area contributed by atoms with Gasteiger partial charge < -0.3 is 5.32 Å². The average Bonchev–Trinajstić information content (AvgIpc) is 2.40. The van der Waals surface area contributed by atoms with Crippen LogP contribution in [-0.4, -0.2) is 29.6 Å². The third-order valence-electron chi connectivity index (χ3n) is 4.52. The van der Waals surface area contributed by atoms with Gasteiger partial charge in [0.1, 0.15) is 5.82 Å². The Morgan fingerprint density at radius 3 is 2.74 bits per heavy atom. The molecule has 2 rings (SSSR count). The van der Waals surface area contributed by atoms with E-state index in [0.717, 1.165) is 38.0 Å². The van der Waals surface area contributed by atoms with Gasteiger partial charge in [-0.25, -0.2) is 4.39 Å². The Kier molecular flexibility index (Phi) is 4.58. The fourth-order valence-corrected chi connectivity index (χ4v) is 3.10. The molecule has 1 aliphatic rings. The molecule has 0 aliphatic carbocycles. The maximum Gasteiger partial charge on any atom is 0.123 e. The molecule has 0 bridgehead atoms. The summed E-state index contributed by atoms with van der Waals surface area (Å²) in [6.07, 6.45) is 2.25. The van der Waals surface area contributed by atoms with Crippen LogP contribution in [0.2, 0.25) is 0 Å². The van der Waals surface area contributed by atoms with Gasteiger partial charge in [0, 0.05) is 31.2 Å². The topological polar surface area (TPSA) is 15.3 Å². The molecule has 1 fully saturated rings. The Morgan fingerprint density at radius 2 is 2.11 bits per heavy atom. The average molecular weight is 264 g/mol. The summed E-state index contributed by atoms with van der Waals surface area (Å²) < 4.78 is 13.3. The summed E-state index contributed by atoms with van der Waals surface area (Å²) in [6.45, 7) is 9.60. The molecule has 3 heteroatoms. The molecule has 1 saturated heterocycles. The molecular weight excluding hydrogens is 239 g/mol. The van der Waals surface area contributed by atoms with Crippen LogP contribution in [0.15, 0.2) is 24.3 Å². The van der Waals surface area contributed by atoms with Crippen LogP contribution in [0.4, 0.5) is 4.39 Å². The molecule has 1 aliphatic heterocycles. The third-order valence-corrected chi connectivity index (χ3v) is 4.52. The fourth-order valence-electron chi connectivity index (χ4n) is 3.10. The number of rotatable bonds is 4. The van der Waals surface area contributed by atoms with E-state index in [1.165, 1.54) is 6.07 Å². The van der Waals surface area contributed by atoms with Crippen LogP contribution in [-0.2, 0) is 6.54 Å². The molecule has 1 aromatic carbocycles. The van der Waals surface area contributed by atoms with E-state index >= 15 is 0 Å². The largest absolute Gasteiger partial charge is 0.311 e. The van der Waals surface area contributed by atoms with E-state index in [1.807, 2.05) is 6.07 Å². The molecule has 0 saturated carbocycles. The number of halogens is 1. The van der Waals surface area contributed by atoms with Crippen molar-refractivity contribution in [2.75, 3.05) is 13.1 Å². The zero-order chi connectivity index (χ0) is 13.9. The Morgan fingerprint density at radius 1 is 1.37 bits per heavy atom. The molecule has 1 atom stereocenters. The van der Waals surface area contributed by atoms with Crippen molar-refractivity contribution in [3.05, 3.63) is 35.6 Å². The minimum absolute atomic E-state index is 0.140. The van der Waals surface area contributed by atoms with Gasteiger partial charge in [0.2, 0.25) is 0 Å².